The van der Waals surface area contributed by atoms with E-state index < -0.39 is 0 Å². The molecular formula is C44H28N2S. The SMILES string of the molecule is c1ccc(-c2ccc(-c3cccc(-c4cccc(-c5nc(-c6ccccc6)c6ccc7c8ccccc8sc7c6n5)c4)c3)cc2)cc1. The zero-order chi connectivity index (χ0) is 31.2. The summed E-state index contributed by atoms with van der Waals surface area (Å²) in [5, 5.41) is 3.58. The quantitative estimate of drug-likeness (QED) is 0.192. The van der Waals surface area contributed by atoms with Gasteiger partial charge in [0.2, 0.25) is 0 Å². The van der Waals surface area contributed by atoms with E-state index in [1.165, 1.54) is 42.4 Å². The molecule has 47 heavy (non-hydrogen) atoms. The fraction of sp³-hybridized carbons (Fsp3) is 0. The third-order valence-electron chi connectivity index (χ3n) is 8.90. The Morgan fingerprint density at radius 3 is 1.57 bits per heavy atom. The minimum absolute atomic E-state index is 0.732. The number of rotatable bonds is 5. The second kappa shape index (κ2) is 11.5. The fourth-order valence-corrected chi connectivity index (χ4v) is 7.72. The smallest absolute Gasteiger partial charge is 0.160 e. The van der Waals surface area contributed by atoms with Crippen molar-refractivity contribution in [2.75, 3.05) is 0 Å². The second-order valence-electron chi connectivity index (χ2n) is 11.8. The number of aromatic nitrogens is 2. The maximum Gasteiger partial charge on any atom is 0.160 e. The maximum atomic E-state index is 5.29. The third kappa shape index (κ3) is 4.98. The Bertz CT molecular complexity index is 2550. The van der Waals surface area contributed by atoms with E-state index in [9.17, 15) is 0 Å². The van der Waals surface area contributed by atoms with Crippen molar-refractivity contribution in [3.8, 4) is 56.0 Å². The lowest BCUT2D eigenvalue weighted by Gasteiger charge is -2.12. The van der Waals surface area contributed by atoms with Gasteiger partial charge in [0.15, 0.2) is 5.82 Å². The molecule has 0 N–H and O–H groups in total. The Labute approximate surface area is 277 Å². The van der Waals surface area contributed by atoms with Crippen molar-refractivity contribution in [2.45, 2.75) is 0 Å². The van der Waals surface area contributed by atoms with Crippen LogP contribution >= 0.6 is 11.3 Å². The summed E-state index contributed by atoms with van der Waals surface area (Å²) in [6.45, 7) is 0. The summed E-state index contributed by atoms with van der Waals surface area (Å²) in [4.78, 5) is 10.5. The van der Waals surface area contributed by atoms with Gasteiger partial charge in [0.25, 0.3) is 0 Å². The van der Waals surface area contributed by atoms with Crippen LogP contribution in [0.2, 0.25) is 0 Å². The van der Waals surface area contributed by atoms with Crippen molar-refractivity contribution >= 4 is 42.4 Å². The van der Waals surface area contributed by atoms with Crippen molar-refractivity contribution < 1.29 is 0 Å². The molecule has 0 unspecified atom stereocenters. The molecule has 3 heteroatoms. The predicted molar refractivity (Wildman–Crippen MR) is 200 cm³/mol. The lowest BCUT2D eigenvalue weighted by molar-refractivity contribution is 1.23. The topological polar surface area (TPSA) is 25.8 Å². The molecule has 0 spiro atoms. The molecule has 2 heterocycles. The summed E-state index contributed by atoms with van der Waals surface area (Å²) in [7, 11) is 0. The average molecular weight is 617 g/mol. The average Bonchev–Trinajstić information content (AvgIpc) is 3.55. The largest absolute Gasteiger partial charge is 0.227 e. The Hall–Kier alpha value is -5.90. The van der Waals surface area contributed by atoms with E-state index in [1.807, 2.05) is 17.4 Å². The van der Waals surface area contributed by atoms with Crippen molar-refractivity contribution in [1.82, 2.24) is 9.97 Å². The van der Waals surface area contributed by atoms with Gasteiger partial charge in [-0.05, 0) is 57.6 Å². The molecule has 0 saturated heterocycles. The van der Waals surface area contributed by atoms with E-state index in [0.717, 1.165) is 44.7 Å². The van der Waals surface area contributed by atoms with Crippen LogP contribution in [-0.4, -0.2) is 9.97 Å². The Morgan fingerprint density at radius 1 is 0.340 bits per heavy atom. The van der Waals surface area contributed by atoms with Gasteiger partial charge in [-0.3, -0.25) is 0 Å². The molecule has 0 aliphatic heterocycles. The molecule has 7 aromatic carbocycles. The van der Waals surface area contributed by atoms with Crippen molar-refractivity contribution in [3.05, 3.63) is 170 Å². The van der Waals surface area contributed by atoms with Crippen LogP contribution < -0.4 is 0 Å². The number of benzene rings is 7. The third-order valence-corrected chi connectivity index (χ3v) is 10.1. The first-order chi connectivity index (χ1) is 23.3. The minimum atomic E-state index is 0.732. The molecule has 0 atom stereocenters. The number of fused-ring (bicyclic) bond motifs is 5. The van der Waals surface area contributed by atoms with Crippen LogP contribution in [0.4, 0.5) is 0 Å². The van der Waals surface area contributed by atoms with Crippen LogP contribution in [0, 0.1) is 0 Å². The van der Waals surface area contributed by atoms with Gasteiger partial charge in [0.1, 0.15) is 0 Å². The molecule has 220 valence electrons. The molecule has 9 aromatic rings. The van der Waals surface area contributed by atoms with E-state index in [4.69, 9.17) is 9.97 Å². The lowest BCUT2D eigenvalue weighted by Crippen LogP contribution is -1.95. The molecule has 0 bridgehead atoms. The van der Waals surface area contributed by atoms with Gasteiger partial charge in [-0.25, -0.2) is 9.97 Å². The molecule has 2 aromatic heterocycles. The first-order valence-electron chi connectivity index (χ1n) is 15.8. The summed E-state index contributed by atoms with van der Waals surface area (Å²) < 4.78 is 2.47. The monoisotopic (exact) mass is 616 g/mol. The van der Waals surface area contributed by atoms with E-state index in [0.29, 0.717) is 0 Å². The second-order valence-corrected chi connectivity index (χ2v) is 12.9. The lowest BCUT2D eigenvalue weighted by atomic mass is 9.96. The van der Waals surface area contributed by atoms with Crippen molar-refractivity contribution in [2.24, 2.45) is 0 Å². The number of thiophene rings is 1. The van der Waals surface area contributed by atoms with E-state index >= 15 is 0 Å². The Balaban J connectivity index is 1.15. The molecule has 0 radical (unpaired) electrons. The molecule has 0 amide bonds. The van der Waals surface area contributed by atoms with Gasteiger partial charge in [0, 0.05) is 32.0 Å². The number of nitrogens with zero attached hydrogens (tertiary/aromatic N) is 2. The van der Waals surface area contributed by atoms with E-state index in [2.05, 4.69) is 164 Å². The van der Waals surface area contributed by atoms with Gasteiger partial charge in [0.05, 0.1) is 15.9 Å². The summed E-state index contributed by atoms with van der Waals surface area (Å²) in [6, 6.07) is 60.2. The summed E-state index contributed by atoms with van der Waals surface area (Å²) >= 11 is 1.81. The Kier molecular flexibility index (Phi) is 6.69. The fourth-order valence-electron chi connectivity index (χ4n) is 6.52. The number of hydrogen-bond acceptors (Lipinski definition) is 3. The van der Waals surface area contributed by atoms with Gasteiger partial charge < -0.3 is 0 Å². The molecule has 0 fully saturated rings. The van der Waals surface area contributed by atoms with Crippen molar-refractivity contribution in [3.63, 3.8) is 0 Å². The first-order valence-corrected chi connectivity index (χ1v) is 16.6. The summed E-state index contributed by atoms with van der Waals surface area (Å²) in [5.74, 6) is 0.732. The molecule has 0 aliphatic carbocycles. The van der Waals surface area contributed by atoms with Gasteiger partial charge in [-0.2, -0.15) is 0 Å². The summed E-state index contributed by atoms with van der Waals surface area (Å²) in [6.07, 6.45) is 0. The van der Waals surface area contributed by atoms with E-state index in [1.54, 1.807) is 0 Å². The minimum Gasteiger partial charge on any atom is -0.227 e. The zero-order valence-corrected chi connectivity index (χ0v) is 26.3. The highest BCUT2D eigenvalue weighted by atomic mass is 32.1. The predicted octanol–water partition coefficient (Wildman–Crippen LogP) is 12.3. The van der Waals surface area contributed by atoms with Crippen LogP contribution in [0.1, 0.15) is 0 Å². The van der Waals surface area contributed by atoms with Crippen LogP contribution in [0.25, 0.3) is 87.1 Å². The van der Waals surface area contributed by atoms with Crippen LogP contribution in [0.15, 0.2) is 170 Å². The standard InChI is InChI=1S/C44H28N2S/c1-3-11-29(12-4-1)30-21-23-31(24-22-30)33-15-9-16-34(27-33)35-17-10-18-36(28-35)44-45-41(32-13-5-2-6-14-32)39-26-25-38-37-19-7-8-20-40(37)47-43(38)42(39)46-44/h1-28H. The highest BCUT2D eigenvalue weighted by Gasteiger charge is 2.17. The van der Waals surface area contributed by atoms with Gasteiger partial charge >= 0.3 is 0 Å². The molecule has 0 saturated carbocycles. The normalized spacial score (nSPS) is 11.4. The molecule has 2 nitrogen and oxygen atoms in total. The molecule has 0 aliphatic rings. The summed E-state index contributed by atoms with van der Waals surface area (Å²) in [5.41, 5.74) is 11.2. The van der Waals surface area contributed by atoms with Gasteiger partial charge in [-0.1, -0.05) is 146 Å². The van der Waals surface area contributed by atoms with Crippen LogP contribution in [-0.2, 0) is 0 Å². The van der Waals surface area contributed by atoms with E-state index in [-0.39, 0.29) is 0 Å². The van der Waals surface area contributed by atoms with Gasteiger partial charge in [-0.15, -0.1) is 11.3 Å². The van der Waals surface area contributed by atoms with Crippen molar-refractivity contribution in [1.29, 1.82) is 0 Å². The first kappa shape index (κ1) is 27.4. The van der Waals surface area contributed by atoms with Crippen LogP contribution in [0.3, 0.4) is 0 Å². The highest BCUT2D eigenvalue weighted by molar-refractivity contribution is 7.26. The maximum absolute atomic E-state index is 5.29. The number of hydrogen-bond donors (Lipinski definition) is 0. The van der Waals surface area contributed by atoms with Crippen LogP contribution in [0.5, 0.6) is 0 Å². The Morgan fingerprint density at radius 2 is 0.851 bits per heavy atom. The molecular weight excluding hydrogens is 589 g/mol. The molecule has 9 rings (SSSR count). The highest BCUT2D eigenvalue weighted by Crippen LogP contribution is 2.41. The zero-order valence-electron chi connectivity index (χ0n) is 25.5.